The van der Waals surface area contributed by atoms with Crippen LogP contribution in [0, 0.1) is 17.0 Å². The lowest BCUT2D eigenvalue weighted by molar-refractivity contribution is -0.384. The zero-order chi connectivity index (χ0) is 14.5. The molecule has 1 aromatic carbocycles. The molecule has 0 radical (unpaired) electrons. The smallest absolute Gasteiger partial charge is 0.269 e. The van der Waals surface area contributed by atoms with Gasteiger partial charge in [-0.3, -0.25) is 19.9 Å². The standard InChI is InChI=1S/C14H13N3O3/c1-10-6-7-15-9-13(10)16-14(18)8-11-2-4-12(5-3-11)17(19)20/h2-7,9H,8H2,1H3,(H,16,18). The number of nitrogens with one attached hydrogen (secondary N) is 1. The Hall–Kier alpha value is -2.76. The first kappa shape index (κ1) is 13.7. The summed E-state index contributed by atoms with van der Waals surface area (Å²) in [4.78, 5) is 25.9. The van der Waals surface area contributed by atoms with Crippen LogP contribution in [0.5, 0.6) is 0 Å². The molecule has 2 aromatic rings. The molecule has 1 N–H and O–H groups in total. The summed E-state index contributed by atoms with van der Waals surface area (Å²) in [5, 5.41) is 13.3. The number of carbonyl (C=O) groups is 1. The molecule has 0 spiro atoms. The summed E-state index contributed by atoms with van der Waals surface area (Å²) >= 11 is 0. The number of aromatic nitrogens is 1. The van der Waals surface area contributed by atoms with E-state index in [2.05, 4.69) is 10.3 Å². The summed E-state index contributed by atoms with van der Waals surface area (Å²) in [5.74, 6) is -0.185. The minimum Gasteiger partial charge on any atom is -0.324 e. The summed E-state index contributed by atoms with van der Waals surface area (Å²) in [6.45, 7) is 1.88. The lowest BCUT2D eigenvalue weighted by Gasteiger charge is -2.07. The van der Waals surface area contributed by atoms with Gasteiger partial charge in [0, 0.05) is 18.3 Å². The van der Waals surface area contributed by atoms with Gasteiger partial charge in [0.05, 0.1) is 23.2 Å². The highest BCUT2D eigenvalue weighted by Crippen LogP contribution is 2.14. The van der Waals surface area contributed by atoms with E-state index >= 15 is 0 Å². The Morgan fingerprint density at radius 1 is 1.30 bits per heavy atom. The molecule has 2 rings (SSSR count). The van der Waals surface area contributed by atoms with Crippen LogP contribution >= 0.6 is 0 Å². The van der Waals surface area contributed by atoms with Gasteiger partial charge in [-0.15, -0.1) is 0 Å². The SMILES string of the molecule is Cc1ccncc1NC(=O)Cc1ccc([N+](=O)[O-])cc1. The Morgan fingerprint density at radius 2 is 2.00 bits per heavy atom. The van der Waals surface area contributed by atoms with Gasteiger partial charge in [-0.05, 0) is 24.1 Å². The lowest BCUT2D eigenvalue weighted by Crippen LogP contribution is -2.15. The fourth-order valence-corrected chi connectivity index (χ4v) is 1.71. The molecule has 0 aliphatic heterocycles. The number of hydrogen-bond donors (Lipinski definition) is 1. The van der Waals surface area contributed by atoms with E-state index in [0.29, 0.717) is 5.69 Å². The van der Waals surface area contributed by atoms with Gasteiger partial charge in [-0.25, -0.2) is 0 Å². The highest BCUT2D eigenvalue weighted by atomic mass is 16.6. The first-order valence-corrected chi connectivity index (χ1v) is 6.00. The lowest BCUT2D eigenvalue weighted by atomic mass is 10.1. The van der Waals surface area contributed by atoms with E-state index in [1.54, 1.807) is 24.5 Å². The molecule has 0 aliphatic carbocycles. The fourth-order valence-electron chi connectivity index (χ4n) is 1.71. The zero-order valence-corrected chi connectivity index (χ0v) is 10.9. The molecule has 0 fully saturated rings. The van der Waals surface area contributed by atoms with Crippen molar-refractivity contribution in [1.82, 2.24) is 4.98 Å². The number of rotatable bonds is 4. The predicted molar refractivity (Wildman–Crippen MR) is 74.4 cm³/mol. The molecule has 0 saturated heterocycles. The van der Waals surface area contributed by atoms with Crippen molar-refractivity contribution >= 4 is 17.3 Å². The van der Waals surface area contributed by atoms with Gasteiger partial charge < -0.3 is 5.32 Å². The number of pyridine rings is 1. The van der Waals surface area contributed by atoms with Crippen LogP contribution in [0.2, 0.25) is 0 Å². The summed E-state index contributed by atoms with van der Waals surface area (Å²) in [6.07, 6.45) is 3.40. The Morgan fingerprint density at radius 3 is 2.60 bits per heavy atom. The molecular weight excluding hydrogens is 258 g/mol. The van der Waals surface area contributed by atoms with Crippen molar-refractivity contribution in [1.29, 1.82) is 0 Å². The second-order valence-corrected chi connectivity index (χ2v) is 4.34. The third-order valence-corrected chi connectivity index (χ3v) is 2.83. The van der Waals surface area contributed by atoms with Crippen molar-refractivity contribution in [3.8, 4) is 0 Å². The predicted octanol–water partition coefficient (Wildman–Crippen LogP) is 2.48. The molecule has 0 unspecified atom stereocenters. The molecule has 20 heavy (non-hydrogen) atoms. The Balaban J connectivity index is 2.01. The molecule has 6 heteroatoms. The number of nitro benzene ring substituents is 1. The van der Waals surface area contributed by atoms with Gasteiger partial charge in [-0.2, -0.15) is 0 Å². The number of nitro groups is 1. The minimum atomic E-state index is -0.469. The van der Waals surface area contributed by atoms with Crippen LogP contribution in [0.1, 0.15) is 11.1 Å². The minimum absolute atomic E-state index is 0.0114. The van der Waals surface area contributed by atoms with E-state index in [1.807, 2.05) is 13.0 Å². The molecule has 1 amide bonds. The van der Waals surface area contributed by atoms with Gasteiger partial charge in [0.15, 0.2) is 0 Å². The van der Waals surface area contributed by atoms with Crippen LogP contribution in [-0.4, -0.2) is 15.8 Å². The zero-order valence-electron chi connectivity index (χ0n) is 10.9. The molecule has 1 heterocycles. The third kappa shape index (κ3) is 3.38. The maximum atomic E-state index is 11.9. The molecule has 102 valence electrons. The van der Waals surface area contributed by atoms with Crippen molar-refractivity contribution in [3.63, 3.8) is 0 Å². The van der Waals surface area contributed by atoms with Crippen molar-refractivity contribution in [2.24, 2.45) is 0 Å². The van der Waals surface area contributed by atoms with E-state index in [9.17, 15) is 14.9 Å². The maximum Gasteiger partial charge on any atom is 0.269 e. The van der Waals surface area contributed by atoms with E-state index in [4.69, 9.17) is 0 Å². The van der Waals surface area contributed by atoms with Crippen LogP contribution in [-0.2, 0) is 11.2 Å². The van der Waals surface area contributed by atoms with Crippen molar-refractivity contribution < 1.29 is 9.72 Å². The number of carbonyl (C=O) groups excluding carboxylic acids is 1. The summed E-state index contributed by atoms with van der Waals surface area (Å²) in [5.41, 5.74) is 2.32. The number of amides is 1. The topological polar surface area (TPSA) is 85.1 Å². The fraction of sp³-hybridized carbons (Fsp3) is 0.143. The number of non-ortho nitro benzene ring substituents is 1. The molecule has 0 bridgehead atoms. The normalized spacial score (nSPS) is 10.1. The number of hydrogen-bond acceptors (Lipinski definition) is 4. The third-order valence-electron chi connectivity index (χ3n) is 2.83. The Kier molecular flexibility index (Phi) is 4.05. The van der Waals surface area contributed by atoms with Crippen molar-refractivity contribution in [2.75, 3.05) is 5.32 Å². The van der Waals surface area contributed by atoms with Crippen LogP contribution in [0.3, 0.4) is 0 Å². The van der Waals surface area contributed by atoms with Gasteiger partial charge >= 0.3 is 0 Å². The molecular formula is C14H13N3O3. The average Bonchev–Trinajstić information content (AvgIpc) is 2.42. The average molecular weight is 271 g/mol. The molecule has 0 aliphatic rings. The molecule has 1 aromatic heterocycles. The van der Waals surface area contributed by atoms with E-state index in [1.165, 1.54) is 12.1 Å². The van der Waals surface area contributed by atoms with Gasteiger partial charge in [-0.1, -0.05) is 12.1 Å². The molecule has 0 saturated carbocycles. The second-order valence-electron chi connectivity index (χ2n) is 4.34. The maximum absolute atomic E-state index is 11.9. The number of aryl methyl sites for hydroxylation is 1. The second kappa shape index (κ2) is 5.92. The highest BCUT2D eigenvalue weighted by molar-refractivity contribution is 5.92. The van der Waals surface area contributed by atoms with Crippen LogP contribution in [0.25, 0.3) is 0 Å². The molecule has 0 atom stereocenters. The Labute approximate surface area is 115 Å². The van der Waals surface area contributed by atoms with Gasteiger partial charge in [0.25, 0.3) is 5.69 Å². The van der Waals surface area contributed by atoms with Gasteiger partial charge in [0.2, 0.25) is 5.91 Å². The summed E-state index contributed by atoms with van der Waals surface area (Å²) in [7, 11) is 0. The summed E-state index contributed by atoms with van der Waals surface area (Å²) in [6, 6.07) is 7.74. The summed E-state index contributed by atoms with van der Waals surface area (Å²) < 4.78 is 0. The van der Waals surface area contributed by atoms with Crippen molar-refractivity contribution in [2.45, 2.75) is 13.3 Å². The quantitative estimate of drug-likeness (QED) is 0.683. The van der Waals surface area contributed by atoms with E-state index < -0.39 is 4.92 Å². The number of nitrogens with zero attached hydrogens (tertiary/aromatic N) is 2. The monoisotopic (exact) mass is 271 g/mol. The van der Waals surface area contributed by atoms with Crippen LogP contribution < -0.4 is 5.32 Å². The van der Waals surface area contributed by atoms with Crippen molar-refractivity contribution in [3.05, 3.63) is 64.0 Å². The van der Waals surface area contributed by atoms with Crippen LogP contribution in [0.4, 0.5) is 11.4 Å². The highest BCUT2D eigenvalue weighted by Gasteiger charge is 2.08. The van der Waals surface area contributed by atoms with E-state index in [0.717, 1.165) is 11.1 Å². The molecule has 6 nitrogen and oxygen atoms in total. The Bertz CT molecular complexity index is 638. The van der Waals surface area contributed by atoms with Gasteiger partial charge in [0.1, 0.15) is 0 Å². The largest absolute Gasteiger partial charge is 0.324 e. The first-order valence-electron chi connectivity index (χ1n) is 6.00. The van der Waals surface area contributed by atoms with Crippen LogP contribution in [0.15, 0.2) is 42.7 Å². The number of anilines is 1. The number of benzene rings is 1. The first-order chi connectivity index (χ1) is 9.56. The van der Waals surface area contributed by atoms with E-state index in [-0.39, 0.29) is 18.0 Å².